The van der Waals surface area contributed by atoms with Crippen molar-refractivity contribution in [3.63, 3.8) is 0 Å². The molecule has 0 heterocycles. The Kier molecular flexibility index (Phi) is 3.96. The minimum absolute atomic E-state index is 0.191. The van der Waals surface area contributed by atoms with Crippen molar-refractivity contribution >= 4 is 0 Å². The van der Waals surface area contributed by atoms with Crippen LogP contribution < -0.4 is 4.74 Å². The van der Waals surface area contributed by atoms with Crippen molar-refractivity contribution in [1.82, 2.24) is 0 Å². The lowest BCUT2D eigenvalue weighted by Crippen LogP contribution is -2.14. The van der Waals surface area contributed by atoms with Crippen molar-refractivity contribution in [2.24, 2.45) is 0 Å². The minimum Gasteiger partial charge on any atom is -0.456 e. The van der Waals surface area contributed by atoms with Crippen LogP contribution in [0.1, 0.15) is 37.5 Å². The van der Waals surface area contributed by atoms with E-state index in [0.717, 1.165) is 5.56 Å². The Balaban J connectivity index is 2.66. The van der Waals surface area contributed by atoms with E-state index in [1.54, 1.807) is 6.07 Å². The summed E-state index contributed by atoms with van der Waals surface area (Å²) in [5, 5.41) is 18.6. The molecule has 0 atom stereocenters. The van der Waals surface area contributed by atoms with E-state index in [1.165, 1.54) is 0 Å². The third kappa shape index (κ3) is 3.04. The van der Waals surface area contributed by atoms with Crippen molar-refractivity contribution in [1.29, 1.82) is 10.5 Å². The molecule has 104 valence electrons. The Labute approximate surface area is 125 Å². The number of rotatable bonds is 2. The Morgan fingerprint density at radius 1 is 0.905 bits per heavy atom. The first-order valence-corrected chi connectivity index (χ1v) is 6.68. The molecule has 0 aliphatic heterocycles. The van der Waals surface area contributed by atoms with Crippen molar-refractivity contribution < 1.29 is 4.74 Å². The van der Waals surface area contributed by atoms with Crippen LogP contribution in [0.5, 0.6) is 11.5 Å². The molecule has 0 fully saturated rings. The van der Waals surface area contributed by atoms with Gasteiger partial charge in [-0.2, -0.15) is 10.5 Å². The van der Waals surface area contributed by atoms with Crippen LogP contribution in [-0.2, 0) is 5.41 Å². The van der Waals surface area contributed by atoms with E-state index in [-0.39, 0.29) is 11.0 Å². The second kappa shape index (κ2) is 5.69. The molecule has 2 aromatic rings. The summed E-state index contributed by atoms with van der Waals surface area (Å²) in [6.07, 6.45) is 0. The molecule has 3 heteroatoms. The van der Waals surface area contributed by atoms with Crippen LogP contribution in [0.4, 0.5) is 0 Å². The highest BCUT2D eigenvalue weighted by molar-refractivity contribution is 5.60. The Morgan fingerprint density at radius 3 is 2.10 bits per heavy atom. The van der Waals surface area contributed by atoms with Crippen molar-refractivity contribution in [3.05, 3.63) is 59.2 Å². The number of nitrogens with zero attached hydrogens (tertiary/aromatic N) is 2. The van der Waals surface area contributed by atoms with Crippen LogP contribution >= 0.6 is 0 Å². The largest absolute Gasteiger partial charge is 0.456 e. The zero-order valence-corrected chi connectivity index (χ0v) is 12.3. The van der Waals surface area contributed by atoms with E-state index in [2.05, 4.69) is 6.07 Å². The predicted molar refractivity (Wildman–Crippen MR) is 81.1 cm³/mol. The predicted octanol–water partition coefficient (Wildman–Crippen LogP) is 4.52. The van der Waals surface area contributed by atoms with Crippen LogP contribution in [0.2, 0.25) is 0 Å². The zero-order valence-electron chi connectivity index (χ0n) is 12.3. The highest BCUT2D eigenvalue weighted by Gasteiger charge is 2.24. The normalized spacial score (nSPS) is 10.5. The molecule has 2 rings (SSSR count). The highest BCUT2D eigenvalue weighted by atomic mass is 16.5. The summed E-state index contributed by atoms with van der Waals surface area (Å²) in [5.41, 5.74) is 1.33. The summed E-state index contributed by atoms with van der Waals surface area (Å²) in [6.45, 7) is 6.15. The fourth-order valence-corrected chi connectivity index (χ4v) is 2.09. The van der Waals surface area contributed by atoms with Gasteiger partial charge in [-0.1, -0.05) is 45.0 Å². The number of hydrogen-bond donors (Lipinski definition) is 0. The van der Waals surface area contributed by atoms with Gasteiger partial charge in [-0.15, -0.1) is 0 Å². The summed E-state index contributed by atoms with van der Waals surface area (Å²) in [4.78, 5) is 0. The molecule has 3 nitrogen and oxygen atoms in total. The zero-order chi connectivity index (χ0) is 15.5. The van der Waals surface area contributed by atoms with Crippen LogP contribution in [0.25, 0.3) is 0 Å². The number of para-hydroxylation sites is 1. The molecule has 0 N–H and O–H groups in total. The Hall–Kier alpha value is -2.78. The van der Waals surface area contributed by atoms with Gasteiger partial charge in [-0.05, 0) is 23.6 Å². The first-order chi connectivity index (χ1) is 9.97. The summed E-state index contributed by atoms with van der Waals surface area (Å²) >= 11 is 0. The van der Waals surface area contributed by atoms with E-state index < -0.39 is 0 Å². The maximum Gasteiger partial charge on any atom is 0.150 e. The molecule has 21 heavy (non-hydrogen) atoms. The minimum atomic E-state index is -0.191. The number of nitriles is 2. The molecular formula is C18H16N2O. The van der Waals surface area contributed by atoms with Crippen LogP contribution in [-0.4, -0.2) is 0 Å². The van der Waals surface area contributed by atoms with Gasteiger partial charge >= 0.3 is 0 Å². The lowest BCUT2D eigenvalue weighted by Gasteiger charge is -2.23. The van der Waals surface area contributed by atoms with Gasteiger partial charge in [0.1, 0.15) is 29.2 Å². The molecule has 0 aliphatic carbocycles. The number of ether oxygens (including phenoxy) is 1. The van der Waals surface area contributed by atoms with Gasteiger partial charge < -0.3 is 4.74 Å². The summed E-state index contributed by atoms with van der Waals surface area (Å²) < 4.78 is 5.93. The molecule has 0 spiro atoms. The summed E-state index contributed by atoms with van der Waals surface area (Å²) in [7, 11) is 0. The third-order valence-corrected chi connectivity index (χ3v) is 3.16. The fourth-order valence-electron chi connectivity index (χ4n) is 2.09. The molecule has 0 unspecified atom stereocenters. The SMILES string of the molecule is CC(C)(C)c1ccc(C#N)c(C#N)c1Oc1ccccc1. The van der Waals surface area contributed by atoms with Gasteiger partial charge in [0.2, 0.25) is 0 Å². The van der Waals surface area contributed by atoms with E-state index in [4.69, 9.17) is 4.74 Å². The first-order valence-electron chi connectivity index (χ1n) is 6.68. The average molecular weight is 276 g/mol. The molecule has 0 amide bonds. The molecular weight excluding hydrogens is 260 g/mol. The average Bonchev–Trinajstić information content (AvgIpc) is 2.46. The van der Waals surface area contributed by atoms with E-state index in [0.29, 0.717) is 17.1 Å². The lowest BCUT2D eigenvalue weighted by molar-refractivity contribution is 0.453. The fraction of sp³-hybridized carbons (Fsp3) is 0.222. The lowest BCUT2D eigenvalue weighted by atomic mass is 9.84. The monoisotopic (exact) mass is 276 g/mol. The maximum absolute atomic E-state index is 9.42. The smallest absolute Gasteiger partial charge is 0.150 e. The van der Waals surface area contributed by atoms with Crippen molar-refractivity contribution in [2.45, 2.75) is 26.2 Å². The Morgan fingerprint density at radius 2 is 1.57 bits per heavy atom. The molecule has 0 aliphatic rings. The number of benzene rings is 2. The van der Waals surface area contributed by atoms with Gasteiger partial charge in [-0.3, -0.25) is 0 Å². The maximum atomic E-state index is 9.42. The van der Waals surface area contributed by atoms with E-state index in [9.17, 15) is 10.5 Å². The van der Waals surface area contributed by atoms with Gasteiger partial charge in [0.25, 0.3) is 0 Å². The van der Waals surface area contributed by atoms with Crippen LogP contribution in [0.3, 0.4) is 0 Å². The van der Waals surface area contributed by atoms with Gasteiger partial charge in [0, 0.05) is 5.56 Å². The van der Waals surface area contributed by atoms with Gasteiger partial charge in [-0.25, -0.2) is 0 Å². The molecule has 0 radical (unpaired) electrons. The second-order valence-electron chi connectivity index (χ2n) is 5.75. The standard InChI is InChI=1S/C18H16N2O/c1-18(2,3)16-10-9-13(11-19)15(12-20)17(16)21-14-7-5-4-6-8-14/h4-10H,1-3H3. The molecule has 2 aromatic carbocycles. The Bertz CT molecular complexity index is 729. The van der Waals surface area contributed by atoms with Crippen LogP contribution in [0, 0.1) is 22.7 Å². The molecule has 0 aromatic heterocycles. The summed E-state index contributed by atoms with van der Waals surface area (Å²) in [5.74, 6) is 1.12. The highest BCUT2D eigenvalue weighted by Crippen LogP contribution is 2.38. The van der Waals surface area contributed by atoms with E-state index in [1.807, 2.05) is 63.2 Å². The van der Waals surface area contributed by atoms with Crippen molar-refractivity contribution in [2.75, 3.05) is 0 Å². The van der Waals surface area contributed by atoms with Crippen molar-refractivity contribution in [3.8, 4) is 23.6 Å². The second-order valence-corrected chi connectivity index (χ2v) is 5.75. The first kappa shape index (κ1) is 14.6. The quantitative estimate of drug-likeness (QED) is 0.810. The number of hydrogen-bond acceptors (Lipinski definition) is 3. The summed E-state index contributed by atoms with van der Waals surface area (Å²) in [6, 6.07) is 17.0. The third-order valence-electron chi connectivity index (χ3n) is 3.16. The van der Waals surface area contributed by atoms with Gasteiger partial charge in [0.05, 0.1) is 5.56 Å². The van der Waals surface area contributed by atoms with Crippen LogP contribution in [0.15, 0.2) is 42.5 Å². The molecule has 0 saturated carbocycles. The topological polar surface area (TPSA) is 56.8 Å². The van der Waals surface area contributed by atoms with Gasteiger partial charge in [0.15, 0.2) is 0 Å². The van der Waals surface area contributed by atoms with E-state index >= 15 is 0 Å². The molecule has 0 bridgehead atoms. The molecule has 0 saturated heterocycles.